The fourth-order valence-electron chi connectivity index (χ4n) is 1.31. The Bertz CT molecular complexity index is 845. The molecule has 0 aromatic heterocycles. The Hall–Kier alpha value is -2.14. The van der Waals surface area contributed by atoms with Crippen molar-refractivity contribution in [3.05, 3.63) is 48.5 Å². The summed E-state index contributed by atoms with van der Waals surface area (Å²) >= 11 is 0. The van der Waals surface area contributed by atoms with E-state index in [0.717, 1.165) is 0 Å². The summed E-state index contributed by atoms with van der Waals surface area (Å²) in [5.41, 5.74) is 11.3. The Labute approximate surface area is 127 Å². The van der Waals surface area contributed by atoms with Crippen LogP contribution in [0.15, 0.2) is 58.3 Å². The second kappa shape index (κ2) is 6.75. The highest BCUT2D eigenvalue weighted by atomic mass is 32.2. The zero-order valence-electron chi connectivity index (χ0n) is 11.1. The van der Waals surface area contributed by atoms with Crippen LogP contribution in [0.2, 0.25) is 0 Å². The largest absolute Gasteiger partial charge is 0.399 e. The van der Waals surface area contributed by atoms with Gasteiger partial charge in [-0.15, -0.1) is 0 Å². The van der Waals surface area contributed by atoms with E-state index >= 15 is 0 Å². The Kier molecular flexibility index (Phi) is 5.49. The maximum Gasteiger partial charge on any atom is 0.294 e. The van der Waals surface area contributed by atoms with Gasteiger partial charge in [-0.2, -0.15) is 16.8 Å². The van der Waals surface area contributed by atoms with Crippen LogP contribution in [0.3, 0.4) is 0 Å². The topological polar surface area (TPSA) is 161 Å². The number of nitrogens with two attached hydrogens (primary N) is 2. The highest BCUT2D eigenvalue weighted by Crippen LogP contribution is 2.11. The van der Waals surface area contributed by atoms with E-state index in [0.29, 0.717) is 11.4 Å². The van der Waals surface area contributed by atoms with Gasteiger partial charge in [-0.1, -0.05) is 6.07 Å². The molecular formula is C12H14N2O6S2. The molecule has 0 fully saturated rings. The molecule has 0 atom stereocenters. The molecule has 0 aliphatic heterocycles. The first kappa shape index (κ1) is 17.9. The molecule has 2 aromatic rings. The monoisotopic (exact) mass is 346 g/mol. The molecule has 0 saturated heterocycles. The molecule has 0 bridgehead atoms. The van der Waals surface area contributed by atoms with Crippen LogP contribution in [-0.4, -0.2) is 25.9 Å². The van der Waals surface area contributed by atoms with Gasteiger partial charge in [0.15, 0.2) is 0 Å². The van der Waals surface area contributed by atoms with Gasteiger partial charge in [0.2, 0.25) is 0 Å². The van der Waals surface area contributed by atoms with Gasteiger partial charge in [-0.25, -0.2) is 0 Å². The molecule has 2 aromatic carbocycles. The molecule has 6 N–H and O–H groups in total. The first-order chi connectivity index (χ1) is 10.00. The lowest BCUT2D eigenvalue weighted by molar-refractivity contribution is 0.481. The van der Waals surface area contributed by atoms with Gasteiger partial charge in [0.1, 0.15) is 0 Å². The van der Waals surface area contributed by atoms with E-state index in [1.165, 1.54) is 48.5 Å². The van der Waals surface area contributed by atoms with Gasteiger partial charge < -0.3 is 11.5 Å². The molecular weight excluding hydrogens is 332 g/mol. The zero-order chi connectivity index (χ0) is 17.0. The van der Waals surface area contributed by atoms with E-state index in [9.17, 15) is 16.8 Å². The highest BCUT2D eigenvalue weighted by Gasteiger charge is 2.08. The molecule has 0 spiro atoms. The van der Waals surface area contributed by atoms with Crippen molar-refractivity contribution >= 4 is 31.6 Å². The maximum atomic E-state index is 10.5. The Morgan fingerprint density at radius 3 is 1.55 bits per heavy atom. The predicted octanol–water partition coefficient (Wildman–Crippen LogP) is 1.03. The summed E-state index contributed by atoms with van der Waals surface area (Å²) < 4.78 is 58.9. The van der Waals surface area contributed by atoms with Crippen molar-refractivity contribution < 1.29 is 25.9 Å². The van der Waals surface area contributed by atoms with Crippen molar-refractivity contribution in [3.63, 3.8) is 0 Å². The average molecular weight is 346 g/mol. The third-order valence-corrected chi connectivity index (χ3v) is 4.05. The fourth-order valence-corrected chi connectivity index (χ4v) is 2.33. The molecule has 8 nitrogen and oxygen atoms in total. The predicted molar refractivity (Wildman–Crippen MR) is 81.3 cm³/mol. The SMILES string of the molecule is Nc1ccc(S(=O)(=O)O)cc1.Nc1cccc(S(=O)(=O)O)c1. The number of anilines is 2. The van der Waals surface area contributed by atoms with Crippen molar-refractivity contribution in [1.29, 1.82) is 0 Å². The summed E-state index contributed by atoms with van der Waals surface area (Å²) in [5.74, 6) is 0. The van der Waals surface area contributed by atoms with E-state index in [-0.39, 0.29) is 9.79 Å². The van der Waals surface area contributed by atoms with E-state index in [1.54, 1.807) is 0 Å². The van der Waals surface area contributed by atoms with Crippen molar-refractivity contribution in [3.8, 4) is 0 Å². The summed E-state index contributed by atoms with van der Waals surface area (Å²) in [6, 6.07) is 10.7. The molecule has 0 unspecified atom stereocenters. The first-order valence-electron chi connectivity index (χ1n) is 5.66. The third kappa shape index (κ3) is 5.69. The van der Waals surface area contributed by atoms with Gasteiger partial charge >= 0.3 is 0 Å². The molecule has 22 heavy (non-hydrogen) atoms. The smallest absolute Gasteiger partial charge is 0.294 e. The Morgan fingerprint density at radius 1 is 0.682 bits per heavy atom. The number of hydrogen-bond donors (Lipinski definition) is 4. The van der Waals surface area contributed by atoms with E-state index in [4.69, 9.17) is 20.6 Å². The number of nitrogen functional groups attached to an aromatic ring is 2. The Morgan fingerprint density at radius 2 is 1.18 bits per heavy atom. The lowest BCUT2D eigenvalue weighted by Gasteiger charge is -1.96. The van der Waals surface area contributed by atoms with Gasteiger partial charge in [-0.05, 0) is 42.5 Å². The quantitative estimate of drug-likeness (QED) is 0.463. The second-order valence-corrected chi connectivity index (χ2v) is 6.93. The summed E-state index contributed by atoms with van der Waals surface area (Å²) in [6.07, 6.45) is 0. The summed E-state index contributed by atoms with van der Waals surface area (Å²) in [5, 5.41) is 0. The minimum Gasteiger partial charge on any atom is -0.399 e. The fraction of sp³-hybridized carbons (Fsp3) is 0. The molecule has 10 heteroatoms. The first-order valence-corrected chi connectivity index (χ1v) is 8.54. The van der Waals surface area contributed by atoms with Gasteiger partial charge in [-0.3, -0.25) is 9.11 Å². The van der Waals surface area contributed by atoms with Crippen LogP contribution in [0.4, 0.5) is 11.4 Å². The minimum atomic E-state index is -4.11. The normalized spacial score (nSPS) is 11.4. The van der Waals surface area contributed by atoms with Crippen molar-refractivity contribution in [1.82, 2.24) is 0 Å². The average Bonchev–Trinajstić information content (AvgIpc) is 2.38. The Balaban J connectivity index is 0.000000220. The lowest BCUT2D eigenvalue weighted by Crippen LogP contribution is -1.98. The summed E-state index contributed by atoms with van der Waals surface area (Å²) in [6.45, 7) is 0. The summed E-state index contributed by atoms with van der Waals surface area (Å²) in [4.78, 5) is -0.329. The van der Waals surface area contributed by atoms with Crippen LogP contribution >= 0.6 is 0 Å². The highest BCUT2D eigenvalue weighted by molar-refractivity contribution is 7.86. The second-order valence-electron chi connectivity index (χ2n) is 4.09. The van der Waals surface area contributed by atoms with Crippen LogP contribution in [0.25, 0.3) is 0 Å². The lowest BCUT2D eigenvalue weighted by atomic mass is 10.3. The van der Waals surface area contributed by atoms with Crippen LogP contribution in [0.1, 0.15) is 0 Å². The number of hydrogen-bond acceptors (Lipinski definition) is 6. The van der Waals surface area contributed by atoms with Gasteiger partial charge in [0, 0.05) is 11.4 Å². The van der Waals surface area contributed by atoms with Crippen molar-refractivity contribution in [2.75, 3.05) is 11.5 Å². The molecule has 0 aliphatic rings. The van der Waals surface area contributed by atoms with E-state index in [2.05, 4.69) is 0 Å². The van der Waals surface area contributed by atoms with E-state index in [1.807, 2.05) is 0 Å². The van der Waals surface area contributed by atoms with Crippen LogP contribution in [0, 0.1) is 0 Å². The van der Waals surface area contributed by atoms with Crippen molar-refractivity contribution in [2.45, 2.75) is 9.79 Å². The molecule has 0 aliphatic carbocycles. The number of rotatable bonds is 2. The van der Waals surface area contributed by atoms with Crippen LogP contribution < -0.4 is 11.5 Å². The molecule has 0 heterocycles. The zero-order valence-corrected chi connectivity index (χ0v) is 12.8. The molecule has 0 saturated carbocycles. The minimum absolute atomic E-state index is 0.147. The van der Waals surface area contributed by atoms with Gasteiger partial charge in [0.25, 0.3) is 20.2 Å². The third-order valence-electron chi connectivity index (χ3n) is 2.33. The summed E-state index contributed by atoms with van der Waals surface area (Å²) in [7, 11) is -8.18. The molecule has 120 valence electrons. The van der Waals surface area contributed by atoms with E-state index < -0.39 is 20.2 Å². The van der Waals surface area contributed by atoms with Crippen LogP contribution in [-0.2, 0) is 20.2 Å². The number of benzene rings is 2. The molecule has 0 radical (unpaired) electrons. The van der Waals surface area contributed by atoms with Gasteiger partial charge in [0.05, 0.1) is 9.79 Å². The van der Waals surface area contributed by atoms with Crippen LogP contribution in [0.5, 0.6) is 0 Å². The molecule has 2 rings (SSSR count). The maximum absolute atomic E-state index is 10.5. The molecule has 0 amide bonds. The standard InChI is InChI=1S/2C6H7NO3S/c7-5-1-3-6(4-2-5)11(8,9)10;7-5-2-1-3-6(4-5)11(8,9)10/h2*1-4H,7H2,(H,8,9,10). The van der Waals surface area contributed by atoms with Crippen molar-refractivity contribution in [2.24, 2.45) is 0 Å².